The molecule has 172 valence electrons. The molecule has 0 spiro atoms. The molecule has 3 aromatic rings. The van der Waals surface area contributed by atoms with Gasteiger partial charge in [-0.1, -0.05) is 18.2 Å². The minimum Gasteiger partial charge on any atom is -0.484 e. The fraction of sp³-hybridized carbons (Fsp3) is 0.231. The first-order chi connectivity index (χ1) is 16.5. The van der Waals surface area contributed by atoms with Crippen LogP contribution < -0.4 is 9.64 Å². The van der Waals surface area contributed by atoms with Gasteiger partial charge in [0.25, 0.3) is 5.91 Å². The summed E-state index contributed by atoms with van der Waals surface area (Å²) in [6.45, 7) is 3.66. The van der Waals surface area contributed by atoms with Crippen LogP contribution in [0.3, 0.4) is 0 Å². The number of anilines is 1. The summed E-state index contributed by atoms with van der Waals surface area (Å²) in [5, 5.41) is 0.836. The molecule has 1 fully saturated rings. The van der Waals surface area contributed by atoms with E-state index in [-0.39, 0.29) is 29.9 Å². The topological polar surface area (TPSA) is 89.0 Å². The first-order valence-electron chi connectivity index (χ1n) is 11.1. The van der Waals surface area contributed by atoms with Crippen molar-refractivity contribution in [3.8, 4) is 5.75 Å². The molecule has 8 nitrogen and oxygen atoms in total. The summed E-state index contributed by atoms with van der Waals surface area (Å²) in [5.41, 5.74) is 2.63. The summed E-state index contributed by atoms with van der Waals surface area (Å²) in [6.07, 6.45) is 1.63. The molecule has 1 aromatic heterocycles. The van der Waals surface area contributed by atoms with Crippen molar-refractivity contribution in [1.29, 1.82) is 0 Å². The van der Waals surface area contributed by atoms with E-state index in [1.165, 1.54) is 11.8 Å². The molecule has 1 saturated heterocycles. The predicted octanol–water partition coefficient (Wildman–Crippen LogP) is 3.06. The number of morpholine rings is 1. The maximum absolute atomic E-state index is 12.9. The highest BCUT2D eigenvalue weighted by molar-refractivity contribution is 6.26. The third-order valence-electron chi connectivity index (χ3n) is 5.87. The third-order valence-corrected chi connectivity index (χ3v) is 5.87. The van der Waals surface area contributed by atoms with Crippen LogP contribution in [0.2, 0.25) is 0 Å². The number of hydrogen-bond acceptors (Lipinski definition) is 6. The maximum Gasteiger partial charge on any atom is 0.260 e. The molecule has 0 unspecified atom stereocenters. The van der Waals surface area contributed by atoms with E-state index < -0.39 is 0 Å². The number of ketones is 1. The number of benzene rings is 2. The van der Waals surface area contributed by atoms with Gasteiger partial charge in [-0.25, -0.2) is 4.98 Å². The molecule has 2 aromatic carbocycles. The fourth-order valence-electron chi connectivity index (χ4n) is 4.18. The van der Waals surface area contributed by atoms with Gasteiger partial charge in [-0.3, -0.25) is 19.3 Å². The summed E-state index contributed by atoms with van der Waals surface area (Å²) in [4.78, 5) is 45.3. The number of Topliss-reactive ketones (excluding diaryl/α,β-unsaturated/α-hetero) is 1. The van der Waals surface area contributed by atoms with E-state index >= 15 is 0 Å². The van der Waals surface area contributed by atoms with E-state index in [1.807, 2.05) is 12.1 Å². The summed E-state index contributed by atoms with van der Waals surface area (Å²) >= 11 is 0. The van der Waals surface area contributed by atoms with Crippen LogP contribution in [-0.2, 0) is 14.3 Å². The van der Waals surface area contributed by atoms with E-state index in [1.54, 1.807) is 53.4 Å². The molecule has 0 aliphatic carbocycles. The van der Waals surface area contributed by atoms with Crippen LogP contribution in [0, 0.1) is 0 Å². The van der Waals surface area contributed by atoms with Gasteiger partial charge in [-0.05, 0) is 42.5 Å². The summed E-state index contributed by atoms with van der Waals surface area (Å²) < 4.78 is 11.0. The number of pyridine rings is 1. The second kappa shape index (κ2) is 9.07. The van der Waals surface area contributed by atoms with Crippen LogP contribution in [0.15, 0.2) is 60.3 Å². The lowest BCUT2D eigenvalue weighted by Gasteiger charge is -2.26. The number of carbonyl (C=O) groups is 3. The highest BCUT2D eigenvalue weighted by Crippen LogP contribution is 2.35. The largest absolute Gasteiger partial charge is 0.484 e. The summed E-state index contributed by atoms with van der Waals surface area (Å²) in [7, 11) is 0. The summed E-state index contributed by atoms with van der Waals surface area (Å²) in [6, 6.07) is 16.1. The molecule has 2 aliphatic heterocycles. The standard InChI is InChI=1S/C26H23N3O5/c1-17(30)29-23-5-3-2-4-21(23)26(32)24(29)15-19-7-6-18-14-20(8-9-22(18)27-19)34-16-25(31)28-10-12-33-13-11-28/h2-9,14-15H,10-13,16H2,1H3/b24-15+. The Morgan fingerprint density at radius 2 is 1.88 bits per heavy atom. The fourth-order valence-corrected chi connectivity index (χ4v) is 4.18. The number of fused-ring (bicyclic) bond motifs is 2. The number of ether oxygens (including phenoxy) is 2. The molecule has 2 aliphatic rings. The Bertz CT molecular complexity index is 1330. The average molecular weight is 457 g/mol. The van der Waals surface area contributed by atoms with Gasteiger partial charge in [-0.15, -0.1) is 0 Å². The monoisotopic (exact) mass is 457 g/mol. The van der Waals surface area contributed by atoms with Crippen molar-refractivity contribution >= 4 is 40.3 Å². The molecule has 0 bridgehead atoms. The van der Waals surface area contributed by atoms with Crippen LogP contribution in [0.5, 0.6) is 5.75 Å². The Morgan fingerprint density at radius 3 is 2.68 bits per heavy atom. The van der Waals surface area contributed by atoms with Crippen LogP contribution in [0.1, 0.15) is 23.0 Å². The number of aromatic nitrogens is 1. The lowest BCUT2D eigenvalue weighted by Crippen LogP contribution is -2.42. The van der Waals surface area contributed by atoms with Crippen molar-refractivity contribution in [1.82, 2.24) is 9.88 Å². The number of rotatable bonds is 4. The lowest BCUT2D eigenvalue weighted by atomic mass is 10.1. The van der Waals surface area contributed by atoms with Gasteiger partial charge < -0.3 is 14.4 Å². The molecule has 5 rings (SSSR count). The maximum atomic E-state index is 12.9. The Morgan fingerprint density at radius 1 is 1.09 bits per heavy atom. The Kier molecular flexibility index (Phi) is 5.81. The van der Waals surface area contributed by atoms with Gasteiger partial charge in [0, 0.05) is 31.0 Å². The second-order valence-electron chi connectivity index (χ2n) is 8.10. The van der Waals surface area contributed by atoms with E-state index in [2.05, 4.69) is 4.98 Å². The highest BCUT2D eigenvalue weighted by atomic mass is 16.5. The number of carbonyl (C=O) groups excluding carboxylic acids is 3. The van der Waals surface area contributed by atoms with Crippen LogP contribution >= 0.6 is 0 Å². The van der Waals surface area contributed by atoms with Crippen molar-refractivity contribution in [2.75, 3.05) is 37.8 Å². The quantitative estimate of drug-likeness (QED) is 0.560. The SMILES string of the molecule is CC(=O)N1/C(=C/c2ccc3cc(OCC(=O)N4CCOCC4)ccc3n2)C(=O)c2ccccc21. The Balaban J connectivity index is 1.35. The van der Waals surface area contributed by atoms with Crippen molar-refractivity contribution in [3.05, 3.63) is 71.6 Å². The van der Waals surface area contributed by atoms with Crippen LogP contribution in [-0.4, -0.2) is 60.4 Å². The molecule has 2 amide bonds. The molecule has 0 radical (unpaired) electrons. The van der Waals surface area contributed by atoms with E-state index in [0.717, 1.165) is 5.39 Å². The van der Waals surface area contributed by atoms with Crippen molar-refractivity contribution in [2.24, 2.45) is 0 Å². The molecule has 0 saturated carbocycles. The van der Waals surface area contributed by atoms with Gasteiger partial charge in [0.05, 0.1) is 35.8 Å². The first-order valence-corrected chi connectivity index (χ1v) is 11.1. The number of para-hydroxylation sites is 1. The van der Waals surface area contributed by atoms with Crippen molar-refractivity contribution in [3.63, 3.8) is 0 Å². The average Bonchev–Trinajstić information content (AvgIpc) is 3.14. The van der Waals surface area contributed by atoms with Gasteiger partial charge in [0.1, 0.15) is 5.75 Å². The molecule has 0 atom stereocenters. The molecule has 3 heterocycles. The Hall–Kier alpha value is -4.04. The van der Waals surface area contributed by atoms with E-state index in [4.69, 9.17) is 9.47 Å². The van der Waals surface area contributed by atoms with Crippen LogP contribution in [0.4, 0.5) is 5.69 Å². The third kappa shape index (κ3) is 4.15. The minimum absolute atomic E-state index is 0.0351. The number of allylic oxidation sites excluding steroid dienone is 1. The number of hydrogen-bond donors (Lipinski definition) is 0. The zero-order valence-corrected chi connectivity index (χ0v) is 18.7. The Labute approximate surface area is 196 Å². The van der Waals surface area contributed by atoms with Crippen molar-refractivity contribution < 1.29 is 23.9 Å². The number of amides is 2. The molecular formula is C26H23N3O5. The van der Waals surface area contributed by atoms with Gasteiger partial charge in [0.2, 0.25) is 11.7 Å². The molecule has 34 heavy (non-hydrogen) atoms. The van der Waals surface area contributed by atoms with Gasteiger partial charge >= 0.3 is 0 Å². The van der Waals surface area contributed by atoms with Crippen LogP contribution in [0.25, 0.3) is 17.0 Å². The van der Waals surface area contributed by atoms with E-state index in [9.17, 15) is 14.4 Å². The molecular weight excluding hydrogens is 434 g/mol. The zero-order chi connectivity index (χ0) is 23.7. The van der Waals surface area contributed by atoms with Crippen molar-refractivity contribution in [2.45, 2.75) is 6.92 Å². The highest BCUT2D eigenvalue weighted by Gasteiger charge is 2.34. The van der Waals surface area contributed by atoms with E-state index in [0.29, 0.717) is 54.5 Å². The van der Waals surface area contributed by atoms with Gasteiger partial charge in [-0.2, -0.15) is 0 Å². The summed E-state index contributed by atoms with van der Waals surface area (Å²) in [5.74, 6) is 0.0621. The van der Waals surface area contributed by atoms with Gasteiger partial charge in [0.15, 0.2) is 6.61 Å². The zero-order valence-electron chi connectivity index (χ0n) is 18.7. The molecule has 8 heteroatoms. The minimum atomic E-state index is -0.237. The first kappa shape index (κ1) is 21.8. The number of nitrogens with zero attached hydrogens (tertiary/aromatic N) is 3. The molecule has 0 N–H and O–H groups in total. The smallest absolute Gasteiger partial charge is 0.260 e. The second-order valence-corrected chi connectivity index (χ2v) is 8.10. The normalized spacial score (nSPS) is 16.7. The predicted molar refractivity (Wildman–Crippen MR) is 127 cm³/mol. The lowest BCUT2D eigenvalue weighted by molar-refractivity contribution is -0.137.